The summed E-state index contributed by atoms with van der Waals surface area (Å²) in [6.45, 7) is 7.19. The van der Waals surface area contributed by atoms with Crippen molar-refractivity contribution < 1.29 is 14.1 Å². The summed E-state index contributed by atoms with van der Waals surface area (Å²) in [5.41, 5.74) is 0.760. The van der Waals surface area contributed by atoms with Gasteiger partial charge in [-0.2, -0.15) is 0 Å². The monoisotopic (exact) mass is 435 g/mol. The molecule has 0 saturated heterocycles. The predicted molar refractivity (Wildman–Crippen MR) is 121 cm³/mol. The lowest BCUT2D eigenvalue weighted by atomic mass is 9.98. The number of benzene rings is 2. The first-order chi connectivity index (χ1) is 15.5. The van der Waals surface area contributed by atoms with E-state index in [1.165, 1.54) is 12.1 Å². The first-order valence-corrected chi connectivity index (χ1v) is 10.8. The maximum absolute atomic E-state index is 13.4. The van der Waals surface area contributed by atoms with Crippen molar-refractivity contribution in [3.05, 3.63) is 85.8 Å². The Morgan fingerprint density at radius 2 is 1.84 bits per heavy atom. The molecular weight excluding hydrogens is 410 g/mol. The van der Waals surface area contributed by atoms with E-state index in [4.69, 9.17) is 4.42 Å². The third kappa shape index (κ3) is 3.78. The van der Waals surface area contributed by atoms with E-state index in [9.17, 15) is 19.7 Å². The van der Waals surface area contributed by atoms with Crippen molar-refractivity contribution in [3.8, 4) is 0 Å². The summed E-state index contributed by atoms with van der Waals surface area (Å²) in [7, 11) is 0. The average molecular weight is 435 g/mol. The molecule has 0 unspecified atom stereocenters. The number of fused-ring (bicyclic) bond motifs is 2. The van der Waals surface area contributed by atoms with Crippen LogP contribution >= 0.6 is 0 Å². The van der Waals surface area contributed by atoms with Crippen LogP contribution in [-0.2, 0) is 0 Å². The molecule has 2 aromatic carbocycles. The fourth-order valence-electron chi connectivity index (χ4n) is 4.36. The van der Waals surface area contributed by atoms with Crippen LogP contribution in [0.25, 0.3) is 11.0 Å². The Morgan fingerprint density at radius 1 is 1.09 bits per heavy atom. The van der Waals surface area contributed by atoms with Gasteiger partial charge in [-0.15, -0.1) is 0 Å². The smallest absolute Gasteiger partial charge is 0.290 e. The van der Waals surface area contributed by atoms with E-state index in [2.05, 4.69) is 18.7 Å². The van der Waals surface area contributed by atoms with Crippen LogP contribution in [0.1, 0.15) is 48.0 Å². The van der Waals surface area contributed by atoms with E-state index in [-0.39, 0.29) is 28.3 Å². The number of nitro groups is 1. The van der Waals surface area contributed by atoms with Crippen LogP contribution in [0, 0.1) is 10.1 Å². The average Bonchev–Trinajstić information content (AvgIpc) is 3.09. The topological polar surface area (TPSA) is 96.9 Å². The highest BCUT2D eigenvalue weighted by atomic mass is 16.6. The minimum Gasteiger partial charge on any atom is -0.450 e. The first kappa shape index (κ1) is 21.7. The number of para-hydroxylation sites is 1. The number of hydrogen-bond acceptors (Lipinski definition) is 6. The fraction of sp³-hybridized carbons (Fsp3) is 0.333. The molecule has 1 aromatic heterocycles. The summed E-state index contributed by atoms with van der Waals surface area (Å²) in [5, 5.41) is 11.7. The molecule has 0 bridgehead atoms. The zero-order chi connectivity index (χ0) is 22.8. The van der Waals surface area contributed by atoms with Crippen LogP contribution in [0.15, 0.2) is 57.7 Å². The van der Waals surface area contributed by atoms with Crippen LogP contribution in [0.2, 0.25) is 0 Å². The van der Waals surface area contributed by atoms with E-state index in [0.717, 1.165) is 19.6 Å². The molecule has 0 fully saturated rings. The van der Waals surface area contributed by atoms with E-state index >= 15 is 0 Å². The Kier molecular flexibility index (Phi) is 6.05. The normalized spacial score (nSPS) is 15.5. The van der Waals surface area contributed by atoms with Gasteiger partial charge in [0.05, 0.1) is 21.9 Å². The van der Waals surface area contributed by atoms with Crippen molar-refractivity contribution in [2.75, 3.05) is 26.2 Å². The highest BCUT2D eigenvalue weighted by molar-refractivity contribution is 5.99. The van der Waals surface area contributed by atoms with Crippen LogP contribution in [0.3, 0.4) is 0 Å². The van der Waals surface area contributed by atoms with Crippen molar-refractivity contribution in [3.63, 3.8) is 0 Å². The fourth-order valence-corrected chi connectivity index (χ4v) is 4.36. The lowest BCUT2D eigenvalue weighted by Gasteiger charge is -2.26. The maximum Gasteiger partial charge on any atom is 0.290 e. The maximum atomic E-state index is 13.4. The highest BCUT2D eigenvalue weighted by Gasteiger charge is 2.42. The Morgan fingerprint density at radius 3 is 2.56 bits per heavy atom. The van der Waals surface area contributed by atoms with E-state index in [0.29, 0.717) is 29.5 Å². The van der Waals surface area contributed by atoms with Crippen LogP contribution in [0.4, 0.5) is 5.69 Å². The van der Waals surface area contributed by atoms with Crippen LogP contribution in [0.5, 0.6) is 0 Å². The Labute approximate surface area is 185 Å². The van der Waals surface area contributed by atoms with Crippen molar-refractivity contribution in [2.45, 2.75) is 26.3 Å². The van der Waals surface area contributed by atoms with Crippen molar-refractivity contribution >= 4 is 22.6 Å². The van der Waals surface area contributed by atoms with Gasteiger partial charge in [-0.05, 0) is 43.8 Å². The van der Waals surface area contributed by atoms with Gasteiger partial charge in [0.2, 0.25) is 5.76 Å². The van der Waals surface area contributed by atoms with Crippen molar-refractivity contribution in [2.24, 2.45) is 0 Å². The molecule has 166 valence electrons. The van der Waals surface area contributed by atoms with Gasteiger partial charge in [0.25, 0.3) is 11.6 Å². The Balaban J connectivity index is 1.81. The Bertz CT molecular complexity index is 1230. The summed E-state index contributed by atoms with van der Waals surface area (Å²) in [5.74, 6) is -0.341. The first-order valence-electron chi connectivity index (χ1n) is 10.8. The summed E-state index contributed by atoms with van der Waals surface area (Å²) in [6, 6.07) is 12.2. The van der Waals surface area contributed by atoms with Gasteiger partial charge >= 0.3 is 0 Å². The van der Waals surface area contributed by atoms with Gasteiger partial charge in [0.15, 0.2) is 5.43 Å². The van der Waals surface area contributed by atoms with E-state index in [1.54, 1.807) is 41.3 Å². The molecule has 1 amide bonds. The lowest BCUT2D eigenvalue weighted by Crippen LogP contribution is -2.33. The van der Waals surface area contributed by atoms with Gasteiger partial charge in [0.1, 0.15) is 5.58 Å². The number of nitrogens with zero attached hydrogens (tertiary/aromatic N) is 3. The number of nitro benzene ring substituents is 1. The SMILES string of the molecule is CCN(CC)CCCN1C(=O)c2oc3ccccc3c(=O)c2[C@@H]1c1cccc([N+](=O)[O-])c1. The minimum atomic E-state index is -0.727. The number of carbonyl (C=O) groups is 1. The molecular formula is C24H25N3O5. The molecule has 0 aliphatic carbocycles. The second-order valence-electron chi connectivity index (χ2n) is 7.80. The Hall–Kier alpha value is -3.52. The molecule has 0 N–H and O–H groups in total. The van der Waals surface area contributed by atoms with E-state index < -0.39 is 11.0 Å². The molecule has 0 saturated carbocycles. The molecule has 32 heavy (non-hydrogen) atoms. The molecule has 1 atom stereocenters. The third-order valence-electron chi connectivity index (χ3n) is 6.04. The molecule has 3 aromatic rings. The molecule has 1 aliphatic heterocycles. The summed E-state index contributed by atoms with van der Waals surface area (Å²) < 4.78 is 5.89. The second-order valence-corrected chi connectivity index (χ2v) is 7.80. The van der Waals surface area contributed by atoms with Crippen LogP contribution in [-0.4, -0.2) is 46.8 Å². The molecule has 4 rings (SSSR count). The standard InChI is InChI=1S/C24H25N3O5/c1-3-25(4-2)13-8-14-26-21(16-9-7-10-17(15-16)27(30)31)20-22(28)18-11-5-6-12-19(18)32-23(20)24(26)29/h5-7,9-12,15,21H,3-4,8,13-14H2,1-2H3/t21-/m0/s1. The van der Waals surface area contributed by atoms with Gasteiger partial charge in [-0.3, -0.25) is 19.7 Å². The number of carbonyl (C=O) groups excluding carboxylic acids is 1. The second kappa shape index (κ2) is 8.92. The van der Waals surface area contributed by atoms with Gasteiger partial charge in [-0.25, -0.2) is 0 Å². The summed E-state index contributed by atoms with van der Waals surface area (Å²) in [6.07, 6.45) is 0.709. The van der Waals surface area contributed by atoms with Gasteiger partial charge < -0.3 is 14.2 Å². The number of rotatable bonds is 8. The highest BCUT2D eigenvalue weighted by Crippen LogP contribution is 2.39. The molecule has 8 heteroatoms. The molecule has 0 radical (unpaired) electrons. The molecule has 1 aliphatic rings. The zero-order valence-electron chi connectivity index (χ0n) is 18.1. The third-order valence-corrected chi connectivity index (χ3v) is 6.04. The number of hydrogen-bond donors (Lipinski definition) is 0. The minimum absolute atomic E-state index is 0.0213. The van der Waals surface area contributed by atoms with Gasteiger partial charge in [-0.1, -0.05) is 38.1 Å². The molecule has 0 spiro atoms. The summed E-state index contributed by atoms with van der Waals surface area (Å²) in [4.78, 5) is 41.5. The molecule has 2 heterocycles. The lowest BCUT2D eigenvalue weighted by molar-refractivity contribution is -0.384. The van der Waals surface area contributed by atoms with Gasteiger partial charge in [0, 0.05) is 18.7 Å². The quantitative estimate of drug-likeness (QED) is 0.392. The number of non-ortho nitro benzene ring substituents is 1. The van der Waals surface area contributed by atoms with Crippen molar-refractivity contribution in [1.82, 2.24) is 9.80 Å². The zero-order valence-corrected chi connectivity index (χ0v) is 18.1. The largest absolute Gasteiger partial charge is 0.450 e. The van der Waals surface area contributed by atoms with Crippen LogP contribution < -0.4 is 5.43 Å². The summed E-state index contributed by atoms with van der Waals surface area (Å²) >= 11 is 0. The molecule has 8 nitrogen and oxygen atoms in total. The van der Waals surface area contributed by atoms with Crippen molar-refractivity contribution in [1.29, 1.82) is 0 Å². The predicted octanol–water partition coefficient (Wildman–Crippen LogP) is 3.98. The van der Waals surface area contributed by atoms with E-state index in [1.807, 2.05) is 0 Å². The number of amides is 1.